The Hall–Kier alpha value is -3.25. The van der Waals surface area contributed by atoms with Crippen molar-refractivity contribution < 1.29 is 57.5 Å². The number of epoxide rings is 1. The first-order valence-electron chi connectivity index (χ1n) is 13.7. The summed E-state index contributed by atoms with van der Waals surface area (Å²) in [7, 11) is 0. The molecule has 2 aliphatic heterocycles. The molecule has 0 bridgehead atoms. The van der Waals surface area contributed by atoms with Crippen molar-refractivity contribution in [2.75, 3.05) is 0 Å². The van der Waals surface area contributed by atoms with Gasteiger partial charge in [0.15, 0.2) is 17.3 Å². The quantitative estimate of drug-likeness (QED) is 0.218. The Balaban J connectivity index is 2.05. The maximum Gasteiger partial charge on any atom is 0.342 e. The van der Waals surface area contributed by atoms with Crippen molar-refractivity contribution in [1.29, 1.82) is 0 Å². The molecule has 0 saturated carbocycles. The third-order valence-electron chi connectivity index (χ3n) is 8.71. The van der Waals surface area contributed by atoms with E-state index in [9.17, 15) is 29.1 Å². The van der Waals surface area contributed by atoms with Gasteiger partial charge in [-0.25, -0.2) is 4.79 Å². The van der Waals surface area contributed by atoms with Crippen LogP contribution >= 0.6 is 0 Å². The maximum absolute atomic E-state index is 13.1. The van der Waals surface area contributed by atoms with Gasteiger partial charge in [0.25, 0.3) is 0 Å². The molecular formula is C29H38O12. The van der Waals surface area contributed by atoms with E-state index >= 15 is 0 Å². The summed E-state index contributed by atoms with van der Waals surface area (Å²) in [6.45, 7) is 11.5. The Kier molecular flexibility index (Phi) is 7.66. The first-order chi connectivity index (χ1) is 18.9. The van der Waals surface area contributed by atoms with Crippen molar-refractivity contribution >= 4 is 29.8 Å². The molecule has 1 spiro atoms. The number of aliphatic hydroxyl groups is 1. The number of ether oxygens (including phenoxy) is 6. The van der Waals surface area contributed by atoms with Gasteiger partial charge in [-0.15, -0.1) is 0 Å². The summed E-state index contributed by atoms with van der Waals surface area (Å²) in [5.41, 5.74) is -5.93. The molecule has 0 aromatic heterocycles. The third kappa shape index (κ3) is 4.84. The number of carbonyl (C=O) groups is 5. The third-order valence-corrected chi connectivity index (χ3v) is 8.71. The van der Waals surface area contributed by atoms with Crippen molar-refractivity contribution in [2.45, 2.75) is 116 Å². The van der Waals surface area contributed by atoms with E-state index in [1.807, 2.05) is 0 Å². The number of hydrogen-bond acceptors (Lipinski definition) is 12. The predicted molar refractivity (Wildman–Crippen MR) is 139 cm³/mol. The number of esters is 5. The molecule has 4 rings (SSSR count). The van der Waals surface area contributed by atoms with Crippen LogP contribution in [0.25, 0.3) is 0 Å². The van der Waals surface area contributed by atoms with Crippen molar-refractivity contribution in [2.24, 2.45) is 11.3 Å². The zero-order valence-electron chi connectivity index (χ0n) is 24.5. The van der Waals surface area contributed by atoms with Crippen LogP contribution in [-0.2, 0) is 52.4 Å². The average molecular weight is 579 g/mol. The Morgan fingerprint density at radius 3 is 2.10 bits per heavy atom. The lowest BCUT2D eigenvalue weighted by Crippen LogP contribution is -2.68. The Bertz CT molecular complexity index is 1220. The minimum atomic E-state index is -2.00. The van der Waals surface area contributed by atoms with Gasteiger partial charge in [-0.3, -0.25) is 19.2 Å². The minimum Gasteiger partial charge on any atom is -0.459 e. The highest BCUT2D eigenvalue weighted by Crippen LogP contribution is 2.65. The first-order valence-corrected chi connectivity index (χ1v) is 13.7. The highest BCUT2D eigenvalue weighted by atomic mass is 16.7. The molecule has 2 saturated heterocycles. The van der Waals surface area contributed by atoms with Gasteiger partial charge in [0.05, 0.1) is 0 Å². The standard InChI is InChI=1S/C29H38O12/c1-9-21(33)39-18-12-14(2)13-20-29(28(8,41-29)25(34)40-20)24(38-17(5)32)22-26(6,23(18)37-16(4)31)11-10-19(27(22,7)35)36-15(3)30/h10-11,13,18-20,22-24,35H,9,12H2,1-8H3/b14-13-/t18-,19+,20-,22+,23+,24+,26-,27-,28-,29-/m0/s1. The molecule has 10 atom stereocenters. The van der Waals surface area contributed by atoms with Crippen LogP contribution < -0.4 is 0 Å². The summed E-state index contributed by atoms with van der Waals surface area (Å²) in [6.07, 6.45) is -1.14. The molecule has 0 unspecified atom stereocenters. The van der Waals surface area contributed by atoms with E-state index < -0.39 is 88.5 Å². The van der Waals surface area contributed by atoms with Gasteiger partial charge < -0.3 is 33.5 Å². The highest BCUT2D eigenvalue weighted by Gasteiger charge is 2.88. The van der Waals surface area contributed by atoms with Crippen LogP contribution in [0, 0.1) is 11.3 Å². The molecule has 2 fully saturated rings. The van der Waals surface area contributed by atoms with E-state index in [2.05, 4.69) is 0 Å². The highest BCUT2D eigenvalue weighted by molar-refractivity contribution is 5.89. The van der Waals surface area contributed by atoms with Crippen LogP contribution in [-0.4, -0.2) is 82.3 Å². The van der Waals surface area contributed by atoms with Crippen molar-refractivity contribution in [3.63, 3.8) is 0 Å². The number of rotatable bonds is 5. The summed E-state index contributed by atoms with van der Waals surface area (Å²) in [4.78, 5) is 62.9. The summed E-state index contributed by atoms with van der Waals surface area (Å²) >= 11 is 0. The van der Waals surface area contributed by atoms with Gasteiger partial charge in [-0.1, -0.05) is 25.5 Å². The molecule has 4 aliphatic rings. The first kappa shape index (κ1) is 30.7. The Morgan fingerprint density at radius 1 is 0.976 bits per heavy atom. The van der Waals surface area contributed by atoms with Crippen LogP contribution in [0.2, 0.25) is 0 Å². The zero-order valence-corrected chi connectivity index (χ0v) is 24.5. The van der Waals surface area contributed by atoms with Gasteiger partial charge in [0.1, 0.15) is 30.0 Å². The maximum atomic E-state index is 13.1. The van der Waals surface area contributed by atoms with Crippen molar-refractivity contribution in [3.8, 4) is 0 Å². The fraction of sp³-hybridized carbons (Fsp3) is 0.690. The van der Waals surface area contributed by atoms with Gasteiger partial charge in [0, 0.05) is 44.9 Å². The molecule has 12 heteroatoms. The normalized spacial score (nSPS) is 44.0. The molecule has 0 radical (unpaired) electrons. The molecular weight excluding hydrogens is 540 g/mol. The lowest BCUT2D eigenvalue weighted by atomic mass is 9.55. The van der Waals surface area contributed by atoms with E-state index in [-0.39, 0.29) is 12.8 Å². The lowest BCUT2D eigenvalue weighted by molar-refractivity contribution is -0.227. The van der Waals surface area contributed by atoms with Gasteiger partial charge in [0.2, 0.25) is 0 Å². The fourth-order valence-electron chi connectivity index (χ4n) is 6.92. The fourth-order valence-corrected chi connectivity index (χ4v) is 6.92. The van der Waals surface area contributed by atoms with Crippen molar-refractivity contribution in [3.05, 3.63) is 23.8 Å². The average Bonchev–Trinajstić information content (AvgIpc) is 3.43. The largest absolute Gasteiger partial charge is 0.459 e. The molecule has 12 nitrogen and oxygen atoms in total. The summed E-state index contributed by atoms with van der Waals surface area (Å²) in [5, 5.41) is 12.3. The van der Waals surface area contributed by atoms with E-state index in [1.54, 1.807) is 32.9 Å². The van der Waals surface area contributed by atoms with Gasteiger partial charge in [-0.2, -0.15) is 0 Å². The zero-order chi connectivity index (χ0) is 30.7. The number of carbonyl (C=O) groups excluding carboxylic acids is 5. The van der Waals surface area contributed by atoms with E-state index in [4.69, 9.17) is 28.4 Å². The summed E-state index contributed by atoms with van der Waals surface area (Å²) in [6, 6.07) is 0. The molecule has 1 N–H and O–H groups in total. The van der Waals surface area contributed by atoms with Crippen LogP contribution in [0.1, 0.15) is 68.2 Å². The SMILES string of the molecule is CCC(=O)O[C@H]1C/C(C)=C\[C@@H]2OC(=O)[C@]3(C)O[C@]23[C@H](OC(C)=O)[C@H]2[C@@](C)(O)[C@H](OC(C)=O)C=C[C@]2(C)[C@@H]1OC(C)=O. The number of hydrogen-bond donors (Lipinski definition) is 1. The summed E-state index contributed by atoms with van der Waals surface area (Å²) < 4.78 is 35.0. The molecule has 0 aromatic rings. The second-order valence-electron chi connectivity index (χ2n) is 11.9. The van der Waals surface area contributed by atoms with E-state index in [1.165, 1.54) is 40.7 Å². The molecule has 2 aliphatic carbocycles. The summed E-state index contributed by atoms with van der Waals surface area (Å²) in [5.74, 6) is -4.61. The second kappa shape index (κ2) is 10.2. The number of fused-ring (bicyclic) bond motifs is 1. The topological polar surface area (TPSA) is 164 Å². The molecule has 2 heterocycles. The van der Waals surface area contributed by atoms with Gasteiger partial charge in [-0.05, 0) is 32.9 Å². The molecule has 0 amide bonds. The molecule has 0 aromatic carbocycles. The van der Waals surface area contributed by atoms with E-state index in [0.717, 1.165) is 0 Å². The lowest BCUT2D eigenvalue weighted by Gasteiger charge is -2.55. The van der Waals surface area contributed by atoms with E-state index in [0.29, 0.717) is 5.57 Å². The minimum absolute atomic E-state index is 0.0416. The molecule has 41 heavy (non-hydrogen) atoms. The Morgan fingerprint density at radius 2 is 1.56 bits per heavy atom. The van der Waals surface area contributed by atoms with Crippen LogP contribution in [0.15, 0.2) is 23.8 Å². The Labute approximate surface area is 238 Å². The smallest absolute Gasteiger partial charge is 0.342 e. The van der Waals surface area contributed by atoms with Crippen LogP contribution in [0.4, 0.5) is 0 Å². The van der Waals surface area contributed by atoms with Gasteiger partial charge >= 0.3 is 29.8 Å². The van der Waals surface area contributed by atoms with Crippen LogP contribution in [0.5, 0.6) is 0 Å². The predicted octanol–water partition coefficient (Wildman–Crippen LogP) is 1.85. The van der Waals surface area contributed by atoms with Crippen molar-refractivity contribution in [1.82, 2.24) is 0 Å². The monoisotopic (exact) mass is 578 g/mol. The molecule has 226 valence electrons. The second-order valence-corrected chi connectivity index (χ2v) is 11.9. The van der Waals surface area contributed by atoms with Crippen LogP contribution in [0.3, 0.4) is 0 Å².